The lowest BCUT2D eigenvalue weighted by molar-refractivity contribution is -0.134. The summed E-state index contributed by atoms with van der Waals surface area (Å²) in [6, 6.07) is 0. The van der Waals surface area contributed by atoms with Crippen LogP contribution in [-0.2, 0) is 16.0 Å². The van der Waals surface area contributed by atoms with E-state index in [4.69, 9.17) is 0 Å². The van der Waals surface area contributed by atoms with E-state index >= 15 is 0 Å². The molecule has 3 aliphatic rings. The summed E-state index contributed by atoms with van der Waals surface area (Å²) in [6.07, 6.45) is 3.93. The molecule has 0 radical (unpaired) electrons. The minimum Gasteiger partial charge on any atom is -0.478 e. The number of carboxylic acids is 1. The standard InChI is InChI=1S/C20H22N2O3S2/c1-9-10(2)26-15(16(9)19-21-11(3)22-27-19)8-14(23)17-12-4-6-13(7-5-12)18(17)20(24)25/h12-13H,4-8H2,1-3H3,(H,24,25). The summed E-state index contributed by atoms with van der Waals surface area (Å²) in [4.78, 5) is 31.7. The number of rotatable bonds is 5. The molecule has 0 aliphatic heterocycles. The van der Waals surface area contributed by atoms with E-state index in [2.05, 4.69) is 23.2 Å². The Hall–Kier alpha value is -1.86. The number of hydrogen-bond donors (Lipinski definition) is 1. The quantitative estimate of drug-likeness (QED) is 0.796. The minimum atomic E-state index is -0.911. The van der Waals surface area contributed by atoms with Crippen LogP contribution in [0.1, 0.15) is 46.8 Å². The van der Waals surface area contributed by atoms with E-state index in [1.807, 2.05) is 6.92 Å². The van der Waals surface area contributed by atoms with Gasteiger partial charge in [0.05, 0.1) is 0 Å². The molecule has 0 spiro atoms. The number of allylic oxidation sites excluding steroid dienone is 1. The Labute approximate surface area is 166 Å². The number of carbonyl (C=O) groups excluding carboxylic acids is 1. The monoisotopic (exact) mass is 402 g/mol. The first-order valence-corrected chi connectivity index (χ1v) is 10.9. The molecule has 1 fully saturated rings. The van der Waals surface area contributed by atoms with E-state index in [0.29, 0.717) is 11.1 Å². The molecule has 7 heteroatoms. The predicted octanol–water partition coefficient (Wildman–Crippen LogP) is 4.50. The Bertz CT molecular complexity index is 962. The highest BCUT2D eigenvalue weighted by molar-refractivity contribution is 7.14. The van der Waals surface area contributed by atoms with Gasteiger partial charge in [-0.1, -0.05) is 0 Å². The second-order valence-corrected chi connectivity index (χ2v) is 9.57. The molecule has 0 amide bonds. The number of nitrogens with zero attached hydrogens (tertiary/aromatic N) is 2. The highest BCUT2D eigenvalue weighted by Crippen LogP contribution is 2.46. The molecule has 3 aliphatic carbocycles. The Morgan fingerprint density at radius 2 is 1.70 bits per heavy atom. The Balaban J connectivity index is 1.73. The van der Waals surface area contributed by atoms with Crippen molar-refractivity contribution in [2.24, 2.45) is 11.8 Å². The molecule has 142 valence electrons. The molecular formula is C20H22N2O3S2. The van der Waals surface area contributed by atoms with Gasteiger partial charge in [-0.2, -0.15) is 4.37 Å². The lowest BCUT2D eigenvalue weighted by Gasteiger charge is -2.38. The van der Waals surface area contributed by atoms with Gasteiger partial charge < -0.3 is 5.11 Å². The van der Waals surface area contributed by atoms with Crippen molar-refractivity contribution in [2.45, 2.75) is 52.9 Å². The van der Waals surface area contributed by atoms with Crippen LogP contribution in [0.4, 0.5) is 0 Å². The molecule has 2 aromatic heterocycles. The van der Waals surface area contributed by atoms with Crippen LogP contribution in [0.15, 0.2) is 11.1 Å². The maximum absolute atomic E-state index is 13.2. The van der Waals surface area contributed by atoms with Gasteiger partial charge in [0.1, 0.15) is 10.8 Å². The van der Waals surface area contributed by atoms with E-state index in [1.165, 1.54) is 16.4 Å². The molecule has 2 heterocycles. The summed E-state index contributed by atoms with van der Waals surface area (Å²) in [5.41, 5.74) is 3.13. The molecule has 2 bridgehead atoms. The van der Waals surface area contributed by atoms with Crippen molar-refractivity contribution in [2.75, 3.05) is 0 Å². The van der Waals surface area contributed by atoms with Crippen LogP contribution in [-0.4, -0.2) is 26.2 Å². The largest absolute Gasteiger partial charge is 0.478 e. The normalized spacial score (nSPS) is 21.7. The minimum absolute atomic E-state index is 0.0227. The van der Waals surface area contributed by atoms with E-state index in [9.17, 15) is 14.7 Å². The topological polar surface area (TPSA) is 80.2 Å². The van der Waals surface area contributed by atoms with Gasteiger partial charge in [0, 0.05) is 32.9 Å². The van der Waals surface area contributed by atoms with Crippen molar-refractivity contribution in [1.82, 2.24) is 9.36 Å². The molecule has 2 aromatic rings. The van der Waals surface area contributed by atoms with Gasteiger partial charge in [0.15, 0.2) is 5.78 Å². The van der Waals surface area contributed by atoms with Gasteiger partial charge in [-0.25, -0.2) is 9.78 Å². The second kappa shape index (κ2) is 6.95. The number of Topliss-reactive ketones (excluding diaryl/α,β-unsaturated/α-hetero) is 1. The van der Waals surface area contributed by atoms with Crippen LogP contribution >= 0.6 is 22.9 Å². The number of fused-ring (bicyclic) bond motifs is 2. The average molecular weight is 403 g/mol. The summed E-state index contributed by atoms with van der Waals surface area (Å²) in [5, 5.41) is 10.5. The van der Waals surface area contributed by atoms with Gasteiger partial charge >= 0.3 is 5.97 Å². The van der Waals surface area contributed by atoms with E-state index in [1.54, 1.807) is 11.3 Å². The first kappa shape index (κ1) is 18.5. The summed E-state index contributed by atoms with van der Waals surface area (Å²) >= 11 is 2.97. The highest BCUT2D eigenvalue weighted by Gasteiger charge is 2.41. The van der Waals surface area contributed by atoms with Crippen molar-refractivity contribution in [3.05, 3.63) is 32.3 Å². The fraction of sp³-hybridized carbons (Fsp3) is 0.500. The number of hydrogen-bond acceptors (Lipinski definition) is 6. The van der Waals surface area contributed by atoms with Crippen LogP contribution in [0.25, 0.3) is 10.6 Å². The Morgan fingerprint density at radius 1 is 1.07 bits per heavy atom. The molecule has 0 aromatic carbocycles. The third-order valence-corrected chi connectivity index (χ3v) is 7.92. The molecule has 1 N–H and O–H groups in total. The first-order chi connectivity index (χ1) is 12.9. The molecule has 0 atom stereocenters. The van der Waals surface area contributed by atoms with E-state index < -0.39 is 5.97 Å². The summed E-state index contributed by atoms with van der Waals surface area (Å²) in [7, 11) is 0. The number of ketones is 1. The smallest absolute Gasteiger partial charge is 0.332 e. The molecule has 5 rings (SSSR count). The van der Waals surface area contributed by atoms with Crippen LogP contribution in [0.5, 0.6) is 0 Å². The van der Waals surface area contributed by atoms with E-state index in [0.717, 1.165) is 52.5 Å². The first-order valence-electron chi connectivity index (χ1n) is 9.27. The number of carbonyl (C=O) groups is 2. The van der Waals surface area contributed by atoms with Crippen LogP contribution in [0, 0.1) is 32.6 Å². The van der Waals surface area contributed by atoms with Crippen LogP contribution < -0.4 is 0 Å². The maximum atomic E-state index is 13.2. The molecule has 27 heavy (non-hydrogen) atoms. The van der Waals surface area contributed by atoms with Crippen LogP contribution in [0.2, 0.25) is 0 Å². The lowest BCUT2D eigenvalue weighted by Crippen LogP contribution is -2.34. The van der Waals surface area contributed by atoms with Gasteiger partial charge in [-0.15, -0.1) is 11.3 Å². The molecule has 0 unspecified atom stereocenters. The fourth-order valence-electron chi connectivity index (χ4n) is 4.52. The number of aromatic nitrogens is 2. The number of thiophene rings is 1. The zero-order valence-electron chi connectivity index (χ0n) is 15.7. The lowest BCUT2D eigenvalue weighted by atomic mass is 9.65. The predicted molar refractivity (Wildman–Crippen MR) is 106 cm³/mol. The van der Waals surface area contributed by atoms with Crippen molar-refractivity contribution in [1.29, 1.82) is 0 Å². The van der Waals surface area contributed by atoms with Crippen molar-refractivity contribution in [3.63, 3.8) is 0 Å². The zero-order valence-corrected chi connectivity index (χ0v) is 17.3. The molecule has 1 saturated carbocycles. The molecule has 5 nitrogen and oxygen atoms in total. The summed E-state index contributed by atoms with van der Waals surface area (Å²) in [5.74, 6) is -0.0423. The van der Waals surface area contributed by atoms with Crippen LogP contribution in [0.3, 0.4) is 0 Å². The van der Waals surface area contributed by atoms with Gasteiger partial charge in [0.2, 0.25) is 0 Å². The third-order valence-electron chi connectivity index (χ3n) is 5.89. The second-order valence-electron chi connectivity index (χ2n) is 7.51. The van der Waals surface area contributed by atoms with Gasteiger partial charge in [-0.05, 0) is 75.4 Å². The molecular weight excluding hydrogens is 380 g/mol. The SMILES string of the molecule is Cc1nsc(-c2c(CC(=O)C3=C(C(=O)O)C4CCC3CC4)sc(C)c2C)n1. The summed E-state index contributed by atoms with van der Waals surface area (Å²) in [6.45, 7) is 5.97. The Morgan fingerprint density at radius 3 is 2.26 bits per heavy atom. The van der Waals surface area contributed by atoms with Crippen molar-refractivity contribution in [3.8, 4) is 10.6 Å². The van der Waals surface area contributed by atoms with Gasteiger partial charge in [0.25, 0.3) is 0 Å². The maximum Gasteiger partial charge on any atom is 0.332 e. The van der Waals surface area contributed by atoms with E-state index in [-0.39, 0.29) is 24.0 Å². The summed E-state index contributed by atoms with van der Waals surface area (Å²) < 4.78 is 4.28. The fourth-order valence-corrected chi connectivity index (χ4v) is 6.56. The number of aliphatic carboxylic acids is 1. The third kappa shape index (κ3) is 3.17. The van der Waals surface area contributed by atoms with Crippen molar-refractivity contribution >= 4 is 34.6 Å². The van der Waals surface area contributed by atoms with Gasteiger partial charge in [-0.3, -0.25) is 4.79 Å². The average Bonchev–Trinajstić information content (AvgIpc) is 3.18. The number of carboxylic acid groups (broad SMARTS) is 1. The number of aryl methyl sites for hydroxylation is 2. The Kier molecular flexibility index (Phi) is 4.76. The molecule has 0 saturated heterocycles. The zero-order chi connectivity index (χ0) is 19.3. The van der Waals surface area contributed by atoms with Crippen molar-refractivity contribution < 1.29 is 14.7 Å². The highest BCUT2D eigenvalue weighted by atomic mass is 32.1.